The van der Waals surface area contributed by atoms with Crippen LogP contribution in [-0.4, -0.2) is 38.2 Å². The fourth-order valence-corrected chi connectivity index (χ4v) is 4.58. The van der Waals surface area contributed by atoms with E-state index in [1.807, 2.05) is 26.8 Å². The van der Waals surface area contributed by atoms with E-state index in [0.717, 1.165) is 22.1 Å². The van der Waals surface area contributed by atoms with Crippen molar-refractivity contribution >= 4 is 27.3 Å². The van der Waals surface area contributed by atoms with Gasteiger partial charge in [-0.25, -0.2) is 9.50 Å². The Hall–Kier alpha value is -1.22. The molecule has 130 valence electrons. The highest BCUT2D eigenvalue weighted by molar-refractivity contribution is 9.10. The summed E-state index contributed by atoms with van der Waals surface area (Å²) in [4.78, 5) is 4.07. The third-order valence-corrected chi connectivity index (χ3v) is 5.45. The molecule has 2 saturated heterocycles. The van der Waals surface area contributed by atoms with Crippen molar-refractivity contribution in [2.45, 2.75) is 63.8 Å². The first-order valence-corrected chi connectivity index (χ1v) is 8.87. The predicted molar refractivity (Wildman–Crippen MR) is 91.4 cm³/mol. The highest BCUT2D eigenvalue weighted by atomic mass is 79.9. The fraction of sp³-hybridized carbons (Fsp3) is 0.625. The van der Waals surface area contributed by atoms with Crippen molar-refractivity contribution in [2.75, 3.05) is 5.73 Å². The molecular weight excluding hydrogens is 376 g/mol. The van der Waals surface area contributed by atoms with Crippen LogP contribution in [0.15, 0.2) is 16.9 Å². The number of halogens is 1. The van der Waals surface area contributed by atoms with Crippen molar-refractivity contribution in [2.24, 2.45) is 0 Å². The molecule has 4 heterocycles. The van der Waals surface area contributed by atoms with E-state index in [4.69, 9.17) is 19.9 Å². The zero-order valence-corrected chi connectivity index (χ0v) is 15.7. The van der Waals surface area contributed by atoms with Crippen molar-refractivity contribution < 1.29 is 14.2 Å². The molecule has 2 N–H and O–H groups in total. The molecule has 2 aliphatic heterocycles. The van der Waals surface area contributed by atoms with Gasteiger partial charge in [0.25, 0.3) is 0 Å². The van der Waals surface area contributed by atoms with Crippen molar-refractivity contribution in [1.29, 1.82) is 0 Å². The van der Waals surface area contributed by atoms with Gasteiger partial charge in [-0.15, -0.1) is 0 Å². The average molecular weight is 397 g/mol. The Labute approximate surface area is 148 Å². The summed E-state index contributed by atoms with van der Waals surface area (Å²) < 4.78 is 21.4. The first-order valence-electron chi connectivity index (χ1n) is 8.08. The summed E-state index contributed by atoms with van der Waals surface area (Å²) in [6, 6.07) is 1.97. The topological polar surface area (TPSA) is 83.9 Å². The summed E-state index contributed by atoms with van der Waals surface area (Å²) in [5.74, 6) is -0.230. The standard InChI is InChI=1S/C16H21BrN4O3/c1-5-10-13-16(4,24-15(2,3)23-13)12(22-10)9-6-8(17)11-14(18)19-7-20-21(9)11/h6-7,10,12-13H,5H2,1-4H3,(H2,18,19,20)/t10-,12+,13-,16+/m1/s1. The quantitative estimate of drug-likeness (QED) is 0.839. The number of hydrogen-bond donors (Lipinski definition) is 1. The van der Waals surface area contributed by atoms with Crippen LogP contribution in [0, 0.1) is 0 Å². The molecule has 7 nitrogen and oxygen atoms in total. The summed E-state index contributed by atoms with van der Waals surface area (Å²) in [5, 5.41) is 4.36. The third-order valence-electron chi connectivity index (χ3n) is 4.85. The van der Waals surface area contributed by atoms with Gasteiger partial charge in [0.15, 0.2) is 11.6 Å². The monoisotopic (exact) mass is 396 g/mol. The molecule has 0 unspecified atom stereocenters. The SMILES string of the molecule is CC[C@H]1O[C@@H](c2cc(Br)c3c(N)ncnn23)[C@]2(C)OC(C)(C)O[C@H]12. The van der Waals surface area contributed by atoms with Crippen LogP contribution in [0.1, 0.15) is 45.9 Å². The van der Waals surface area contributed by atoms with Gasteiger partial charge in [0.05, 0.1) is 11.8 Å². The van der Waals surface area contributed by atoms with Crippen molar-refractivity contribution in [3.05, 3.63) is 22.6 Å². The first kappa shape index (κ1) is 16.3. The fourth-order valence-electron chi connectivity index (χ4n) is 3.97. The Bertz CT molecular complexity index is 808. The predicted octanol–water partition coefficient (Wildman–Crippen LogP) is 2.83. The van der Waals surface area contributed by atoms with Gasteiger partial charge in [0.2, 0.25) is 0 Å². The van der Waals surface area contributed by atoms with Gasteiger partial charge in [-0.2, -0.15) is 5.10 Å². The van der Waals surface area contributed by atoms with Gasteiger partial charge in [-0.3, -0.25) is 0 Å². The van der Waals surface area contributed by atoms with Gasteiger partial charge in [0.1, 0.15) is 29.7 Å². The smallest absolute Gasteiger partial charge is 0.164 e. The van der Waals surface area contributed by atoms with Crippen molar-refractivity contribution in [3.8, 4) is 0 Å². The molecule has 0 aromatic carbocycles. The molecule has 0 bridgehead atoms. The Morgan fingerprint density at radius 3 is 2.83 bits per heavy atom. The minimum atomic E-state index is -0.646. The molecule has 4 atom stereocenters. The zero-order valence-electron chi connectivity index (χ0n) is 14.1. The molecule has 2 aromatic rings. The van der Waals surface area contributed by atoms with E-state index in [2.05, 4.69) is 32.9 Å². The number of aromatic nitrogens is 3. The molecule has 2 aliphatic rings. The van der Waals surface area contributed by atoms with Crippen LogP contribution in [-0.2, 0) is 14.2 Å². The summed E-state index contributed by atoms with van der Waals surface area (Å²) in [7, 11) is 0. The number of rotatable bonds is 2. The van der Waals surface area contributed by atoms with Crippen molar-refractivity contribution in [3.63, 3.8) is 0 Å². The van der Waals surface area contributed by atoms with E-state index in [1.165, 1.54) is 6.33 Å². The van der Waals surface area contributed by atoms with E-state index in [-0.39, 0.29) is 18.3 Å². The summed E-state index contributed by atoms with van der Waals surface area (Å²) in [6.07, 6.45) is 1.80. The van der Waals surface area contributed by atoms with E-state index in [1.54, 1.807) is 4.52 Å². The first-order chi connectivity index (χ1) is 11.3. The minimum Gasteiger partial charge on any atom is -0.382 e. The Balaban J connectivity index is 1.87. The number of nitrogens with two attached hydrogens (primary N) is 1. The minimum absolute atomic E-state index is 0.0368. The number of ether oxygens (including phenoxy) is 3. The lowest BCUT2D eigenvalue weighted by atomic mass is 9.90. The highest BCUT2D eigenvalue weighted by Gasteiger charge is 2.63. The van der Waals surface area contributed by atoms with Crippen molar-refractivity contribution in [1.82, 2.24) is 14.6 Å². The second-order valence-electron chi connectivity index (χ2n) is 7.01. The maximum atomic E-state index is 6.33. The third kappa shape index (κ3) is 2.13. The number of fused-ring (bicyclic) bond motifs is 2. The molecule has 8 heteroatoms. The van der Waals surface area contributed by atoms with Crippen LogP contribution >= 0.6 is 15.9 Å². The second kappa shape index (κ2) is 5.14. The molecule has 4 rings (SSSR count). The maximum Gasteiger partial charge on any atom is 0.164 e. The van der Waals surface area contributed by atoms with E-state index in [0.29, 0.717) is 5.82 Å². The van der Waals surface area contributed by atoms with Crippen LogP contribution in [0.4, 0.5) is 5.82 Å². The second-order valence-corrected chi connectivity index (χ2v) is 7.86. The summed E-state index contributed by atoms with van der Waals surface area (Å²) >= 11 is 3.55. The molecule has 2 aromatic heterocycles. The Kier molecular flexibility index (Phi) is 3.48. The number of anilines is 1. The number of nitrogens with zero attached hydrogens (tertiary/aromatic N) is 3. The summed E-state index contributed by atoms with van der Waals surface area (Å²) in [5.41, 5.74) is 7.01. The van der Waals surface area contributed by atoms with Crippen LogP contribution in [0.3, 0.4) is 0 Å². The van der Waals surface area contributed by atoms with Gasteiger partial charge >= 0.3 is 0 Å². The van der Waals surface area contributed by atoms with Crippen LogP contribution in [0.25, 0.3) is 5.52 Å². The number of nitrogen functional groups attached to an aromatic ring is 1. The molecule has 24 heavy (non-hydrogen) atoms. The molecule has 0 radical (unpaired) electrons. The van der Waals surface area contributed by atoms with E-state index >= 15 is 0 Å². The maximum absolute atomic E-state index is 6.33. The molecule has 0 aliphatic carbocycles. The van der Waals surface area contributed by atoms with Gasteiger partial charge < -0.3 is 19.9 Å². The molecule has 2 fully saturated rings. The normalized spacial score (nSPS) is 34.8. The lowest BCUT2D eigenvalue weighted by molar-refractivity contribution is -0.204. The van der Waals surface area contributed by atoms with Crippen LogP contribution < -0.4 is 5.73 Å². The van der Waals surface area contributed by atoms with Crippen LogP contribution in [0.2, 0.25) is 0 Å². The zero-order chi connectivity index (χ0) is 17.3. The Morgan fingerprint density at radius 1 is 1.38 bits per heavy atom. The molecule has 0 saturated carbocycles. The average Bonchev–Trinajstić information content (AvgIpc) is 3.04. The molecular formula is C16H21BrN4O3. The molecule has 0 spiro atoms. The van der Waals surface area contributed by atoms with Gasteiger partial charge in [0, 0.05) is 4.47 Å². The lowest BCUT2D eigenvalue weighted by Crippen LogP contribution is -2.40. The molecule has 0 amide bonds. The highest BCUT2D eigenvalue weighted by Crippen LogP contribution is 2.53. The summed E-state index contributed by atoms with van der Waals surface area (Å²) in [6.45, 7) is 8.01. The van der Waals surface area contributed by atoms with E-state index < -0.39 is 11.4 Å². The Morgan fingerprint density at radius 2 is 2.12 bits per heavy atom. The van der Waals surface area contributed by atoms with Crippen LogP contribution in [0.5, 0.6) is 0 Å². The number of hydrogen-bond acceptors (Lipinski definition) is 6. The van der Waals surface area contributed by atoms with Gasteiger partial charge in [-0.05, 0) is 49.2 Å². The largest absolute Gasteiger partial charge is 0.382 e. The van der Waals surface area contributed by atoms with Gasteiger partial charge in [-0.1, -0.05) is 6.92 Å². The van der Waals surface area contributed by atoms with E-state index in [9.17, 15) is 0 Å². The lowest BCUT2D eigenvalue weighted by Gasteiger charge is -2.29.